The first-order valence-corrected chi connectivity index (χ1v) is 8.71. The Morgan fingerprint density at radius 1 is 1.21 bits per heavy atom. The standard InChI is InChI=1S/C19H25NO4/c1-24-16-7-3-2-6-15(16)19(10-4-5-11-19)12-20-17(21)13-8-9-14(13)18(22)23/h2-3,6-7,13-14H,4-5,8-12H2,1H3,(H,20,21)(H,22,23). The van der Waals surface area contributed by atoms with Crippen molar-refractivity contribution in [2.45, 2.75) is 43.9 Å². The molecule has 0 radical (unpaired) electrons. The van der Waals surface area contributed by atoms with Gasteiger partial charge in [-0.1, -0.05) is 31.0 Å². The number of carbonyl (C=O) groups is 2. The van der Waals surface area contributed by atoms with Gasteiger partial charge in [0, 0.05) is 17.5 Å². The number of carbonyl (C=O) groups excluding carboxylic acids is 1. The van der Waals surface area contributed by atoms with Gasteiger partial charge in [-0.05, 0) is 31.7 Å². The number of hydrogen-bond acceptors (Lipinski definition) is 3. The second-order valence-corrected chi connectivity index (χ2v) is 7.03. The normalized spacial score (nSPS) is 24.9. The zero-order valence-corrected chi connectivity index (χ0v) is 14.1. The molecular weight excluding hydrogens is 306 g/mol. The van der Waals surface area contributed by atoms with Crippen LogP contribution in [0.1, 0.15) is 44.1 Å². The number of methoxy groups -OCH3 is 1. The molecule has 0 spiro atoms. The summed E-state index contributed by atoms with van der Waals surface area (Å²) in [6.07, 6.45) is 5.57. The number of para-hydroxylation sites is 1. The van der Waals surface area contributed by atoms with E-state index in [0.29, 0.717) is 19.4 Å². The molecule has 5 heteroatoms. The maximum atomic E-state index is 12.4. The van der Waals surface area contributed by atoms with Crippen LogP contribution in [0.3, 0.4) is 0 Å². The Kier molecular flexibility index (Phi) is 4.78. The molecule has 1 amide bonds. The molecule has 1 aromatic carbocycles. The third-order valence-corrected chi connectivity index (χ3v) is 5.77. The van der Waals surface area contributed by atoms with Crippen LogP contribution < -0.4 is 10.1 Å². The summed E-state index contributed by atoms with van der Waals surface area (Å²) < 4.78 is 5.53. The molecule has 130 valence electrons. The molecule has 0 aliphatic heterocycles. The largest absolute Gasteiger partial charge is 0.496 e. The summed E-state index contributed by atoms with van der Waals surface area (Å²) in [6, 6.07) is 8.00. The summed E-state index contributed by atoms with van der Waals surface area (Å²) in [7, 11) is 1.67. The van der Waals surface area contributed by atoms with Gasteiger partial charge in [-0.3, -0.25) is 9.59 Å². The maximum Gasteiger partial charge on any atom is 0.307 e. The van der Waals surface area contributed by atoms with Gasteiger partial charge in [-0.2, -0.15) is 0 Å². The molecule has 2 N–H and O–H groups in total. The van der Waals surface area contributed by atoms with Crippen molar-refractivity contribution in [3.63, 3.8) is 0 Å². The Labute approximate surface area is 142 Å². The zero-order valence-electron chi connectivity index (χ0n) is 14.1. The monoisotopic (exact) mass is 331 g/mol. The predicted molar refractivity (Wildman–Crippen MR) is 90.0 cm³/mol. The Balaban J connectivity index is 1.73. The highest BCUT2D eigenvalue weighted by Crippen LogP contribution is 2.44. The van der Waals surface area contributed by atoms with E-state index >= 15 is 0 Å². The lowest BCUT2D eigenvalue weighted by Crippen LogP contribution is -2.47. The van der Waals surface area contributed by atoms with Crippen molar-refractivity contribution in [3.05, 3.63) is 29.8 Å². The van der Waals surface area contributed by atoms with E-state index in [9.17, 15) is 9.59 Å². The van der Waals surface area contributed by atoms with Crippen LogP contribution in [-0.4, -0.2) is 30.6 Å². The van der Waals surface area contributed by atoms with E-state index in [4.69, 9.17) is 9.84 Å². The molecule has 2 fully saturated rings. The minimum atomic E-state index is -0.860. The number of nitrogens with one attached hydrogen (secondary N) is 1. The first-order valence-electron chi connectivity index (χ1n) is 8.71. The minimum Gasteiger partial charge on any atom is -0.496 e. The number of aliphatic carboxylic acids is 1. The number of benzene rings is 1. The van der Waals surface area contributed by atoms with Crippen LogP contribution in [0.2, 0.25) is 0 Å². The minimum absolute atomic E-state index is 0.106. The smallest absolute Gasteiger partial charge is 0.307 e. The Morgan fingerprint density at radius 2 is 1.88 bits per heavy atom. The van der Waals surface area contributed by atoms with Crippen molar-refractivity contribution in [3.8, 4) is 5.75 Å². The molecule has 2 aliphatic carbocycles. The SMILES string of the molecule is COc1ccccc1C1(CNC(=O)C2CCC2C(=O)O)CCCC1. The van der Waals surface area contributed by atoms with Crippen LogP contribution in [0.15, 0.2) is 24.3 Å². The molecular formula is C19H25NO4. The third kappa shape index (κ3) is 2.99. The van der Waals surface area contributed by atoms with Crippen LogP contribution in [0.5, 0.6) is 5.75 Å². The summed E-state index contributed by atoms with van der Waals surface area (Å²) in [4.78, 5) is 23.5. The van der Waals surface area contributed by atoms with Crippen LogP contribution in [0.25, 0.3) is 0 Å². The molecule has 0 saturated heterocycles. The quantitative estimate of drug-likeness (QED) is 0.840. The average Bonchev–Trinajstić information content (AvgIpc) is 3.01. The molecule has 3 rings (SSSR count). The highest BCUT2D eigenvalue weighted by Gasteiger charge is 2.43. The fourth-order valence-electron chi connectivity index (χ4n) is 4.17. The highest BCUT2D eigenvalue weighted by atomic mass is 16.5. The average molecular weight is 331 g/mol. The van der Waals surface area contributed by atoms with E-state index in [1.54, 1.807) is 7.11 Å². The predicted octanol–water partition coefficient (Wildman–Crippen LogP) is 2.73. The fourth-order valence-corrected chi connectivity index (χ4v) is 4.17. The lowest BCUT2D eigenvalue weighted by molar-refractivity contribution is -0.152. The molecule has 2 unspecified atom stereocenters. The van der Waals surface area contributed by atoms with Gasteiger partial charge in [-0.15, -0.1) is 0 Å². The molecule has 2 aliphatic rings. The first-order chi connectivity index (χ1) is 11.6. The number of carboxylic acids is 1. The maximum absolute atomic E-state index is 12.4. The lowest BCUT2D eigenvalue weighted by atomic mass is 9.72. The van der Waals surface area contributed by atoms with Gasteiger partial charge in [0.2, 0.25) is 5.91 Å². The number of amides is 1. The van der Waals surface area contributed by atoms with Gasteiger partial charge in [0.1, 0.15) is 5.75 Å². The van der Waals surface area contributed by atoms with Gasteiger partial charge < -0.3 is 15.2 Å². The highest BCUT2D eigenvalue weighted by molar-refractivity contribution is 5.86. The van der Waals surface area contributed by atoms with Gasteiger partial charge >= 0.3 is 5.97 Å². The first kappa shape index (κ1) is 16.8. The van der Waals surface area contributed by atoms with E-state index in [-0.39, 0.29) is 17.2 Å². The van der Waals surface area contributed by atoms with Crippen molar-refractivity contribution in [1.82, 2.24) is 5.32 Å². The zero-order chi connectivity index (χ0) is 17.2. The van der Waals surface area contributed by atoms with Crippen molar-refractivity contribution >= 4 is 11.9 Å². The lowest BCUT2D eigenvalue weighted by Gasteiger charge is -2.35. The van der Waals surface area contributed by atoms with Crippen LogP contribution in [-0.2, 0) is 15.0 Å². The number of hydrogen-bond donors (Lipinski definition) is 2. The van der Waals surface area contributed by atoms with Gasteiger partial charge in [0.25, 0.3) is 0 Å². The van der Waals surface area contributed by atoms with E-state index in [0.717, 1.165) is 37.0 Å². The van der Waals surface area contributed by atoms with Gasteiger partial charge in [0.15, 0.2) is 0 Å². The van der Waals surface area contributed by atoms with Crippen LogP contribution in [0.4, 0.5) is 0 Å². The van der Waals surface area contributed by atoms with Crippen molar-refractivity contribution in [2.24, 2.45) is 11.8 Å². The van der Waals surface area contributed by atoms with Gasteiger partial charge in [0.05, 0.1) is 18.9 Å². The molecule has 1 aromatic rings. The molecule has 24 heavy (non-hydrogen) atoms. The topological polar surface area (TPSA) is 75.6 Å². The Morgan fingerprint density at radius 3 is 2.46 bits per heavy atom. The number of carboxylic acid groups (broad SMARTS) is 1. The molecule has 5 nitrogen and oxygen atoms in total. The summed E-state index contributed by atoms with van der Waals surface area (Å²) in [5.74, 6) is -1.01. The van der Waals surface area contributed by atoms with Crippen molar-refractivity contribution < 1.29 is 19.4 Å². The molecule has 0 heterocycles. The molecule has 2 saturated carbocycles. The second kappa shape index (κ2) is 6.83. The molecule has 2 atom stereocenters. The summed E-state index contributed by atoms with van der Waals surface area (Å²) in [5, 5.41) is 12.2. The molecule has 0 aromatic heterocycles. The van der Waals surface area contributed by atoms with Crippen LogP contribution >= 0.6 is 0 Å². The van der Waals surface area contributed by atoms with Crippen molar-refractivity contribution in [1.29, 1.82) is 0 Å². The summed E-state index contributed by atoms with van der Waals surface area (Å²) >= 11 is 0. The third-order valence-electron chi connectivity index (χ3n) is 5.77. The van der Waals surface area contributed by atoms with E-state index in [1.807, 2.05) is 18.2 Å². The summed E-state index contributed by atoms with van der Waals surface area (Å²) in [6.45, 7) is 0.551. The Hall–Kier alpha value is -2.04. The van der Waals surface area contributed by atoms with Crippen molar-refractivity contribution in [2.75, 3.05) is 13.7 Å². The second-order valence-electron chi connectivity index (χ2n) is 7.03. The van der Waals surface area contributed by atoms with Gasteiger partial charge in [-0.25, -0.2) is 0 Å². The summed E-state index contributed by atoms with van der Waals surface area (Å²) in [5.41, 5.74) is 1.04. The number of ether oxygens (including phenoxy) is 1. The van der Waals surface area contributed by atoms with E-state index in [1.165, 1.54) is 0 Å². The number of rotatable bonds is 6. The molecule has 0 bridgehead atoms. The van der Waals surface area contributed by atoms with E-state index in [2.05, 4.69) is 11.4 Å². The fraction of sp³-hybridized carbons (Fsp3) is 0.579. The van der Waals surface area contributed by atoms with E-state index < -0.39 is 11.9 Å². The Bertz CT molecular complexity index is 622. The van der Waals surface area contributed by atoms with Crippen LogP contribution in [0, 0.1) is 11.8 Å².